The molecule has 0 radical (unpaired) electrons. The van der Waals surface area contributed by atoms with Crippen molar-refractivity contribution in [3.63, 3.8) is 0 Å². The first-order chi connectivity index (χ1) is 9.08. The summed E-state index contributed by atoms with van der Waals surface area (Å²) < 4.78 is 7.29. The Kier molecular flexibility index (Phi) is 4.37. The number of hydrogen-bond donors (Lipinski definition) is 1. The predicted molar refractivity (Wildman–Crippen MR) is 69.6 cm³/mol. The Labute approximate surface area is 112 Å². The SMILES string of the molecule is CC(=O)c1cc(C(=O)O)n(CCOC2CCCC2)c1. The van der Waals surface area contributed by atoms with Crippen molar-refractivity contribution < 1.29 is 19.4 Å². The molecule has 0 aliphatic heterocycles. The molecular formula is C14H19NO4. The van der Waals surface area contributed by atoms with E-state index in [1.54, 1.807) is 10.8 Å². The van der Waals surface area contributed by atoms with Crippen LogP contribution in [0.2, 0.25) is 0 Å². The molecule has 0 saturated heterocycles. The molecule has 1 aliphatic carbocycles. The van der Waals surface area contributed by atoms with Crippen molar-refractivity contribution in [1.29, 1.82) is 0 Å². The van der Waals surface area contributed by atoms with Crippen LogP contribution >= 0.6 is 0 Å². The molecule has 1 N–H and O–H groups in total. The van der Waals surface area contributed by atoms with Crippen LogP contribution in [-0.2, 0) is 11.3 Å². The van der Waals surface area contributed by atoms with Gasteiger partial charge in [-0.15, -0.1) is 0 Å². The lowest BCUT2D eigenvalue weighted by atomic mass is 10.2. The summed E-state index contributed by atoms with van der Waals surface area (Å²) in [6.07, 6.45) is 6.51. The summed E-state index contributed by atoms with van der Waals surface area (Å²) in [4.78, 5) is 22.4. The van der Waals surface area contributed by atoms with Crippen molar-refractivity contribution in [2.45, 2.75) is 45.3 Å². The van der Waals surface area contributed by atoms with Crippen LogP contribution in [0.1, 0.15) is 53.5 Å². The van der Waals surface area contributed by atoms with E-state index in [0.29, 0.717) is 24.8 Å². The van der Waals surface area contributed by atoms with Gasteiger partial charge in [-0.3, -0.25) is 4.79 Å². The third kappa shape index (κ3) is 3.44. The minimum Gasteiger partial charge on any atom is -0.477 e. The highest BCUT2D eigenvalue weighted by atomic mass is 16.5. The number of hydrogen-bond acceptors (Lipinski definition) is 3. The minimum atomic E-state index is -1.02. The predicted octanol–water partition coefficient (Wildman–Crippen LogP) is 2.35. The lowest BCUT2D eigenvalue weighted by molar-refractivity contribution is 0.0515. The smallest absolute Gasteiger partial charge is 0.352 e. The van der Waals surface area contributed by atoms with Gasteiger partial charge in [-0.2, -0.15) is 0 Å². The summed E-state index contributed by atoms with van der Waals surface area (Å²) in [6, 6.07) is 1.42. The Morgan fingerprint density at radius 1 is 1.42 bits per heavy atom. The Balaban J connectivity index is 1.97. The maximum atomic E-state index is 11.3. The van der Waals surface area contributed by atoms with Gasteiger partial charge in [-0.25, -0.2) is 4.79 Å². The molecule has 0 amide bonds. The van der Waals surface area contributed by atoms with Crippen LogP contribution in [0, 0.1) is 0 Å². The molecule has 1 saturated carbocycles. The molecule has 0 aromatic carbocycles. The summed E-state index contributed by atoms with van der Waals surface area (Å²) in [5.41, 5.74) is 0.568. The van der Waals surface area contributed by atoms with Gasteiger partial charge in [0, 0.05) is 18.3 Å². The van der Waals surface area contributed by atoms with Crippen LogP contribution in [0.4, 0.5) is 0 Å². The number of aromatic carboxylic acids is 1. The standard InChI is InChI=1S/C14H19NO4/c1-10(16)11-8-13(14(17)18)15(9-11)6-7-19-12-4-2-3-5-12/h8-9,12H,2-7H2,1H3,(H,17,18). The fourth-order valence-corrected chi connectivity index (χ4v) is 2.44. The van der Waals surface area contributed by atoms with Crippen molar-refractivity contribution in [3.8, 4) is 0 Å². The molecule has 1 aromatic rings. The molecule has 0 bridgehead atoms. The highest BCUT2D eigenvalue weighted by Gasteiger charge is 2.17. The second-order valence-electron chi connectivity index (χ2n) is 4.95. The van der Waals surface area contributed by atoms with Gasteiger partial charge in [0.1, 0.15) is 5.69 Å². The van der Waals surface area contributed by atoms with E-state index in [-0.39, 0.29) is 11.5 Å². The average molecular weight is 265 g/mol. The fraction of sp³-hybridized carbons (Fsp3) is 0.571. The van der Waals surface area contributed by atoms with E-state index in [1.165, 1.54) is 25.8 Å². The van der Waals surface area contributed by atoms with Crippen molar-refractivity contribution in [2.24, 2.45) is 0 Å². The van der Waals surface area contributed by atoms with Crippen molar-refractivity contribution in [3.05, 3.63) is 23.5 Å². The number of ketones is 1. The second kappa shape index (κ2) is 6.02. The van der Waals surface area contributed by atoms with Crippen LogP contribution < -0.4 is 0 Å². The van der Waals surface area contributed by atoms with E-state index in [2.05, 4.69) is 0 Å². The van der Waals surface area contributed by atoms with Crippen LogP contribution in [-0.4, -0.2) is 34.1 Å². The monoisotopic (exact) mass is 265 g/mol. The van der Waals surface area contributed by atoms with E-state index >= 15 is 0 Å². The van der Waals surface area contributed by atoms with Gasteiger partial charge >= 0.3 is 5.97 Å². The molecule has 5 nitrogen and oxygen atoms in total. The zero-order valence-corrected chi connectivity index (χ0v) is 11.1. The Morgan fingerprint density at radius 2 is 2.11 bits per heavy atom. The van der Waals surface area contributed by atoms with E-state index in [4.69, 9.17) is 9.84 Å². The summed E-state index contributed by atoms with van der Waals surface area (Å²) in [5.74, 6) is -1.15. The van der Waals surface area contributed by atoms with E-state index in [1.807, 2.05) is 0 Å². The summed E-state index contributed by atoms with van der Waals surface area (Å²) in [5, 5.41) is 9.10. The molecule has 5 heteroatoms. The molecule has 0 atom stereocenters. The molecule has 1 fully saturated rings. The lowest BCUT2D eigenvalue weighted by Gasteiger charge is -2.12. The zero-order valence-electron chi connectivity index (χ0n) is 11.1. The Bertz CT molecular complexity index is 472. The molecule has 104 valence electrons. The number of aromatic nitrogens is 1. The first-order valence-corrected chi connectivity index (χ1v) is 6.64. The number of nitrogens with zero attached hydrogens (tertiary/aromatic N) is 1. The third-order valence-electron chi connectivity index (χ3n) is 3.51. The molecule has 1 heterocycles. The highest BCUT2D eigenvalue weighted by molar-refractivity contribution is 5.97. The minimum absolute atomic E-state index is 0.127. The van der Waals surface area contributed by atoms with Gasteiger partial charge in [0.25, 0.3) is 0 Å². The van der Waals surface area contributed by atoms with E-state index in [9.17, 15) is 9.59 Å². The summed E-state index contributed by atoms with van der Waals surface area (Å²) >= 11 is 0. The van der Waals surface area contributed by atoms with Crippen molar-refractivity contribution in [2.75, 3.05) is 6.61 Å². The first kappa shape index (κ1) is 13.8. The van der Waals surface area contributed by atoms with E-state index in [0.717, 1.165) is 12.8 Å². The van der Waals surface area contributed by atoms with Gasteiger partial charge < -0.3 is 14.4 Å². The van der Waals surface area contributed by atoms with Gasteiger partial charge in [-0.1, -0.05) is 12.8 Å². The summed E-state index contributed by atoms with van der Waals surface area (Å²) in [6.45, 7) is 2.38. The quantitative estimate of drug-likeness (QED) is 0.802. The average Bonchev–Trinajstić information content (AvgIpc) is 2.97. The number of carbonyl (C=O) groups excluding carboxylic acids is 1. The van der Waals surface area contributed by atoms with Crippen molar-refractivity contribution >= 4 is 11.8 Å². The van der Waals surface area contributed by atoms with Crippen LogP contribution in [0.3, 0.4) is 0 Å². The van der Waals surface area contributed by atoms with E-state index < -0.39 is 5.97 Å². The molecular weight excluding hydrogens is 246 g/mol. The maximum absolute atomic E-state index is 11.3. The number of carbonyl (C=O) groups is 2. The van der Waals surface area contributed by atoms with Crippen molar-refractivity contribution in [1.82, 2.24) is 4.57 Å². The molecule has 1 aliphatic rings. The Morgan fingerprint density at radius 3 is 2.68 bits per heavy atom. The van der Waals surface area contributed by atoms with Crippen LogP contribution in [0.5, 0.6) is 0 Å². The van der Waals surface area contributed by atoms with Gasteiger partial charge in [0.05, 0.1) is 12.7 Å². The number of ether oxygens (including phenoxy) is 1. The number of carboxylic acids is 1. The van der Waals surface area contributed by atoms with Gasteiger partial charge in [-0.05, 0) is 25.8 Å². The fourth-order valence-electron chi connectivity index (χ4n) is 2.44. The van der Waals surface area contributed by atoms with Crippen LogP contribution in [0.15, 0.2) is 12.3 Å². The highest BCUT2D eigenvalue weighted by Crippen LogP contribution is 2.21. The van der Waals surface area contributed by atoms with Gasteiger partial charge in [0.2, 0.25) is 0 Å². The molecule has 1 aromatic heterocycles. The zero-order chi connectivity index (χ0) is 13.8. The topological polar surface area (TPSA) is 68.5 Å². The number of Topliss-reactive ketones (excluding diaryl/α,β-unsaturated/α-hetero) is 1. The van der Waals surface area contributed by atoms with Gasteiger partial charge in [0.15, 0.2) is 5.78 Å². The molecule has 19 heavy (non-hydrogen) atoms. The Hall–Kier alpha value is -1.62. The molecule has 2 rings (SSSR count). The normalized spacial score (nSPS) is 15.8. The maximum Gasteiger partial charge on any atom is 0.352 e. The molecule has 0 spiro atoms. The summed E-state index contributed by atoms with van der Waals surface area (Å²) in [7, 11) is 0. The first-order valence-electron chi connectivity index (χ1n) is 6.64. The molecule has 0 unspecified atom stereocenters. The van der Waals surface area contributed by atoms with Crippen LogP contribution in [0.25, 0.3) is 0 Å². The lowest BCUT2D eigenvalue weighted by Crippen LogP contribution is -2.15. The largest absolute Gasteiger partial charge is 0.477 e. The number of carboxylic acid groups (broad SMARTS) is 1. The third-order valence-corrected chi connectivity index (χ3v) is 3.51. The number of rotatable bonds is 6. The second-order valence-corrected chi connectivity index (χ2v) is 4.95.